The highest BCUT2D eigenvalue weighted by atomic mass is 15.1. The van der Waals surface area contributed by atoms with Gasteiger partial charge in [0.15, 0.2) is 0 Å². The third kappa shape index (κ3) is 0.753. The molecule has 0 aliphatic heterocycles. The predicted molar refractivity (Wildman–Crippen MR) is 30.0 cm³/mol. The second-order valence-corrected chi connectivity index (χ2v) is 1.54. The van der Waals surface area contributed by atoms with Crippen LogP contribution in [0, 0.1) is 13.1 Å². The van der Waals surface area contributed by atoms with Crippen LogP contribution in [0.2, 0.25) is 0 Å². The number of nitrogens with zero attached hydrogens (tertiary/aromatic N) is 2. The van der Waals surface area contributed by atoms with Crippen LogP contribution in [0.15, 0.2) is 6.07 Å². The molecule has 0 unspecified atom stereocenters. The van der Waals surface area contributed by atoms with Crippen molar-refractivity contribution >= 4 is 5.82 Å². The maximum Gasteiger partial charge on any atom is 0.149 e. The molecule has 0 aliphatic rings. The minimum absolute atomic E-state index is 0.476. The van der Waals surface area contributed by atoms with E-state index in [9.17, 15) is 0 Å². The number of hydrogen-bond acceptors (Lipinski definition) is 3. The highest BCUT2D eigenvalue weighted by molar-refractivity contribution is 5.34. The van der Waals surface area contributed by atoms with Gasteiger partial charge in [0, 0.05) is 0 Å². The largest absolute Gasteiger partial charge is 0.382 e. The molecule has 0 aromatic carbocycles. The lowest BCUT2D eigenvalue weighted by Crippen LogP contribution is -1.94. The molecular formula is C5H6N3. The summed E-state index contributed by atoms with van der Waals surface area (Å²) in [6.45, 7) is 1.86. The zero-order valence-electron chi connectivity index (χ0n) is 4.55. The van der Waals surface area contributed by atoms with Gasteiger partial charge < -0.3 is 5.73 Å². The molecule has 8 heavy (non-hydrogen) atoms. The van der Waals surface area contributed by atoms with Gasteiger partial charge in [0.2, 0.25) is 0 Å². The van der Waals surface area contributed by atoms with Crippen LogP contribution in [-0.4, -0.2) is 10.2 Å². The summed E-state index contributed by atoms with van der Waals surface area (Å²) in [6, 6.07) is 1.70. The van der Waals surface area contributed by atoms with E-state index in [4.69, 9.17) is 5.73 Å². The van der Waals surface area contributed by atoms with Crippen LogP contribution in [-0.2, 0) is 0 Å². The van der Waals surface area contributed by atoms with Gasteiger partial charge in [-0.2, -0.15) is 0 Å². The van der Waals surface area contributed by atoms with E-state index in [0.29, 0.717) is 5.82 Å². The second-order valence-electron chi connectivity index (χ2n) is 1.54. The fourth-order valence-corrected chi connectivity index (χ4v) is 0.361. The maximum atomic E-state index is 5.33. The Morgan fingerprint density at radius 1 is 1.75 bits per heavy atom. The van der Waals surface area contributed by atoms with E-state index in [1.54, 1.807) is 6.07 Å². The third-order valence-corrected chi connectivity index (χ3v) is 0.901. The lowest BCUT2D eigenvalue weighted by atomic mass is 10.3. The number of aryl methyl sites for hydroxylation is 1. The van der Waals surface area contributed by atoms with Crippen molar-refractivity contribution in [1.29, 1.82) is 0 Å². The zero-order valence-corrected chi connectivity index (χ0v) is 4.55. The minimum atomic E-state index is 0.476. The Bertz CT molecular complexity index is 164. The van der Waals surface area contributed by atoms with Crippen molar-refractivity contribution in [3.05, 3.63) is 17.8 Å². The first-order valence-electron chi connectivity index (χ1n) is 2.26. The number of nitrogens with two attached hydrogens (primary N) is 1. The molecule has 1 aromatic heterocycles. The summed E-state index contributed by atoms with van der Waals surface area (Å²) in [4.78, 5) is 0. The fourth-order valence-electron chi connectivity index (χ4n) is 0.361. The molecule has 0 spiro atoms. The summed E-state index contributed by atoms with van der Waals surface area (Å²) in [6.07, 6.45) is 2.56. The van der Waals surface area contributed by atoms with Crippen molar-refractivity contribution in [1.82, 2.24) is 10.2 Å². The van der Waals surface area contributed by atoms with Crippen molar-refractivity contribution in [2.75, 3.05) is 5.73 Å². The number of anilines is 1. The summed E-state index contributed by atoms with van der Waals surface area (Å²) in [5.74, 6) is 0.476. The van der Waals surface area contributed by atoms with Crippen LogP contribution in [0.4, 0.5) is 5.82 Å². The first-order valence-corrected chi connectivity index (χ1v) is 2.26. The molecule has 2 N–H and O–H groups in total. The van der Waals surface area contributed by atoms with Gasteiger partial charge in [0.1, 0.15) is 12.0 Å². The molecule has 0 aliphatic carbocycles. The Morgan fingerprint density at radius 3 is 2.88 bits per heavy atom. The molecule has 1 radical (unpaired) electrons. The van der Waals surface area contributed by atoms with E-state index < -0.39 is 0 Å². The van der Waals surface area contributed by atoms with Crippen LogP contribution in [0.25, 0.3) is 0 Å². The van der Waals surface area contributed by atoms with Gasteiger partial charge in [-0.25, -0.2) is 0 Å². The standard InChI is InChI=1S/C5H6N3/c1-4-2-3-7-8-5(4)6/h2H,1H3,(H2,6,8). The van der Waals surface area contributed by atoms with Gasteiger partial charge in [-0.3, -0.25) is 0 Å². The highest BCUT2D eigenvalue weighted by Gasteiger charge is 1.88. The second kappa shape index (κ2) is 1.78. The van der Waals surface area contributed by atoms with E-state index in [1.165, 1.54) is 0 Å². The number of hydrogen-bond donors (Lipinski definition) is 1. The molecule has 0 saturated heterocycles. The van der Waals surface area contributed by atoms with Crippen LogP contribution in [0.3, 0.4) is 0 Å². The Labute approximate surface area is 47.5 Å². The Balaban J connectivity index is 3.13. The van der Waals surface area contributed by atoms with Crippen molar-refractivity contribution in [2.24, 2.45) is 0 Å². The monoisotopic (exact) mass is 108 g/mol. The molecule has 1 aromatic rings. The summed E-state index contributed by atoms with van der Waals surface area (Å²) in [7, 11) is 0. The van der Waals surface area contributed by atoms with Crippen LogP contribution in [0.5, 0.6) is 0 Å². The van der Waals surface area contributed by atoms with Gasteiger partial charge in [-0.15, -0.1) is 10.2 Å². The number of rotatable bonds is 0. The minimum Gasteiger partial charge on any atom is -0.382 e. The first kappa shape index (κ1) is 5.03. The number of nitrogen functional groups attached to an aromatic ring is 1. The highest BCUT2D eigenvalue weighted by Crippen LogP contribution is 1.99. The maximum absolute atomic E-state index is 5.33. The van der Waals surface area contributed by atoms with Gasteiger partial charge in [-0.1, -0.05) is 0 Å². The van der Waals surface area contributed by atoms with E-state index in [2.05, 4.69) is 16.4 Å². The molecule has 0 atom stereocenters. The summed E-state index contributed by atoms with van der Waals surface area (Å²) in [5.41, 5.74) is 6.24. The van der Waals surface area contributed by atoms with Gasteiger partial charge in [-0.05, 0) is 18.6 Å². The molecular weight excluding hydrogens is 102 g/mol. The molecule has 1 heterocycles. The summed E-state index contributed by atoms with van der Waals surface area (Å²) >= 11 is 0. The van der Waals surface area contributed by atoms with Crippen molar-refractivity contribution in [3.63, 3.8) is 0 Å². The average Bonchev–Trinajstić information content (AvgIpc) is 1.77. The van der Waals surface area contributed by atoms with E-state index in [0.717, 1.165) is 5.56 Å². The molecule has 0 saturated carbocycles. The van der Waals surface area contributed by atoms with E-state index in [1.807, 2.05) is 6.92 Å². The normalized spacial score (nSPS) is 9.12. The summed E-state index contributed by atoms with van der Waals surface area (Å²) in [5, 5.41) is 7.00. The number of aromatic nitrogens is 2. The van der Waals surface area contributed by atoms with E-state index >= 15 is 0 Å². The quantitative estimate of drug-likeness (QED) is 0.515. The van der Waals surface area contributed by atoms with Gasteiger partial charge >= 0.3 is 0 Å². The zero-order chi connectivity index (χ0) is 5.98. The summed E-state index contributed by atoms with van der Waals surface area (Å²) < 4.78 is 0. The molecule has 3 heteroatoms. The molecule has 0 fully saturated rings. The Kier molecular flexibility index (Phi) is 1.12. The fraction of sp³-hybridized carbons (Fsp3) is 0.200. The van der Waals surface area contributed by atoms with Gasteiger partial charge in [0.25, 0.3) is 0 Å². The van der Waals surface area contributed by atoms with Crippen LogP contribution >= 0.6 is 0 Å². The van der Waals surface area contributed by atoms with Crippen LogP contribution < -0.4 is 5.73 Å². The lowest BCUT2D eigenvalue weighted by Gasteiger charge is -1.90. The molecule has 41 valence electrons. The van der Waals surface area contributed by atoms with Gasteiger partial charge in [0.05, 0.1) is 0 Å². The van der Waals surface area contributed by atoms with E-state index in [-0.39, 0.29) is 0 Å². The Morgan fingerprint density at radius 2 is 2.50 bits per heavy atom. The average molecular weight is 108 g/mol. The van der Waals surface area contributed by atoms with Crippen molar-refractivity contribution in [3.8, 4) is 0 Å². The van der Waals surface area contributed by atoms with Crippen molar-refractivity contribution < 1.29 is 0 Å². The Hall–Kier alpha value is -1.12. The predicted octanol–water partition coefficient (Wildman–Crippen LogP) is 0.167. The lowest BCUT2D eigenvalue weighted by molar-refractivity contribution is 1.02. The van der Waals surface area contributed by atoms with Crippen molar-refractivity contribution in [2.45, 2.75) is 6.92 Å². The smallest absolute Gasteiger partial charge is 0.149 e. The van der Waals surface area contributed by atoms with Crippen LogP contribution in [0.1, 0.15) is 5.56 Å². The topological polar surface area (TPSA) is 51.8 Å². The molecule has 3 nitrogen and oxygen atoms in total. The first-order chi connectivity index (χ1) is 3.80. The molecule has 0 amide bonds. The third-order valence-electron chi connectivity index (χ3n) is 0.901. The SMILES string of the molecule is Cc1c[c]nnc1N. The molecule has 1 rings (SSSR count). The molecule has 0 bridgehead atoms.